The number of anilines is 1. The van der Waals surface area contributed by atoms with Crippen LogP contribution in [0.15, 0.2) is 12.3 Å². The first-order valence-corrected chi connectivity index (χ1v) is 5.66. The Morgan fingerprint density at radius 2 is 2.24 bits per heavy atom. The number of esters is 1. The molecule has 17 heavy (non-hydrogen) atoms. The third kappa shape index (κ3) is 4.38. The lowest BCUT2D eigenvalue weighted by molar-refractivity contribution is -0.141. The topological polar surface area (TPSA) is 64.1 Å². The van der Waals surface area contributed by atoms with Gasteiger partial charge in [-0.3, -0.25) is 0 Å². The number of carbonyl (C=O) groups excluding carboxylic acids is 1. The SMILES string of the molecule is COC(=O)C(CC(C)C)Nc1cc(C)cnn1. The minimum absolute atomic E-state index is 0.276. The number of nitrogens with zero attached hydrogens (tertiary/aromatic N) is 2. The summed E-state index contributed by atoms with van der Waals surface area (Å²) < 4.78 is 4.77. The molecule has 0 amide bonds. The van der Waals surface area contributed by atoms with Crippen LogP contribution in [-0.4, -0.2) is 29.3 Å². The molecule has 5 heteroatoms. The van der Waals surface area contributed by atoms with E-state index in [0.29, 0.717) is 18.2 Å². The van der Waals surface area contributed by atoms with E-state index in [0.717, 1.165) is 5.56 Å². The minimum atomic E-state index is -0.379. The molecule has 0 aliphatic heterocycles. The van der Waals surface area contributed by atoms with E-state index in [2.05, 4.69) is 29.4 Å². The zero-order valence-electron chi connectivity index (χ0n) is 10.7. The number of carbonyl (C=O) groups is 1. The van der Waals surface area contributed by atoms with Gasteiger partial charge in [0.15, 0.2) is 0 Å². The average molecular weight is 237 g/mol. The lowest BCUT2D eigenvalue weighted by Crippen LogP contribution is -2.32. The molecule has 1 rings (SSSR count). The molecule has 1 aromatic rings. The van der Waals surface area contributed by atoms with Gasteiger partial charge in [0.1, 0.15) is 11.9 Å². The molecule has 1 atom stereocenters. The van der Waals surface area contributed by atoms with Crippen molar-refractivity contribution in [2.24, 2.45) is 5.92 Å². The summed E-state index contributed by atoms with van der Waals surface area (Å²) in [5.41, 5.74) is 0.996. The molecule has 0 spiro atoms. The Morgan fingerprint density at radius 1 is 1.53 bits per heavy atom. The molecular weight excluding hydrogens is 218 g/mol. The molecule has 0 aliphatic rings. The number of aromatic nitrogens is 2. The molecule has 94 valence electrons. The lowest BCUT2D eigenvalue weighted by atomic mass is 10.0. The van der Waals surface area contributed by atoms with Crippen LogP contribution >= 0.6 is 0 Å². The Balaban J connectivity index is 2.75. The van der Waals surface area contributed by atoms with Crippen LogP contribution in [0.25, 0.3) is 0 Å². The molecular formula is C12H19N3O2. The van der Waals surface area contributed by atoms with Crippen LogP contribution in [0.1, 0.15) is 25.8 Å². The van der Waals surface area contributed by atoms with E-state index in [1.54, 1.807) is 6.20 Å². The van der Waals surface area contributed by atoms with E-state index in [4.69, 9.17) is 4.74 Å². The van der Waals surface area contributed by atoms with Gasteiger partial charge in [-0.1, -0.05) is 13.8 Å². The maximum absolute atomic E-state index is 11.6. The number of hydrogen-bond donors (Lipinski definition) is 1. The maximum Gasteiger partial charge on any atom is 0.328 e. The lowest BCUT2D eigenvalue weighted by Gasteiger charge is -2.18. The molecule has 0 saturated heterocycles. The van der Waals surface area contributed by atoms with Gasteiger partial charge in [0.05, 0.1) is 13.3 Å². The van der Waals surface area contributed by atoms with Crippen molar-refractivity contribution in [3.63, 3.8) is 0 Å². The maximum atomic E-state index is 11.6. The van der Waals surface area contributed by atoms with Gasteiger partial charge in [0, 0.05) is 0 Å². The van der Waals surface area contributed by atoms with Crippen molar-refractivity contribution in [2.75, 3.05) is 12.4 Å². The van der Waals surface area contributed by atoms with Crippen LogP contribution in [0.3, 0.4) is 0 Å². The summed E-state index contributed by atoms with van der Waals surface area (Å²) in [5, 5.41) is 10.8. The zero-order valence-corrected chi connectivity index (χ0v) is 10.7. The predicted molar refractivity (Wildman–Crippen MR) is 65.7 cm³/mol. The van der Waals surface area contributed by atoms with Gasteiger partial charge in [0.25, 0.3) is 0 Å². The molecule has 1 aromatic heterocycles. The van der Waals surface area contributed by atoms with E-state index in [-0.39, 0.29) is 12.0 Å². The van der Waals surface area contributed by atoms with Crippen molar-refractivity contribution in [3.8, 4) is 0 Å². The van der Waals surface area contributed by atoms with Crippen molar-refractivity contribution in [1.29, 1.82) is 0 Å². The second-order valence-corrected chi connectivity index (χ2v) is 4.47. The third-order valence-electron chi connectivity index (χ3n) is 2.31. The molecule has 0 radical (unpaired) electrons. The van der Waals surface area contributed by atoms with E-state index >= 15 is 0 Å². The van der Waals surface area contributed by atoms with Crippen molar-refractivity contribution < 1.29 is 9.53 Å². The van der Waals surface area contributed by atoms with Gasteiger partial charge >= 0.3 is 5.97 Å². The fraction of sp³-hybridized carbons (Fsp3) is 0.583. The number of aryl methyl sites for hydroxylation is 1. The number of ether oxygens (including phenoxy) is 1. The van der Waals surface area contributed by atoms with Crippen molar-refractivity contribution in [1.82, 2.24) is 10.2 Å². The third-order valence-corrected chi connectivity index (χ3v) is 2.31. The van der Waals surface area contributed by atoms with Crippen molar-refractivity contribution >= 4 is 11.8 Å². The van der Waals surface area contributed by atoms with Gasteiger partial charge in [-0.25, -0.2) is 4.79 Å². The Morgan fingerprint density at radius 3 is 2.76 bits per heavy atom. The quantitative estimate of drug-likeness (QED) is 0.791. The second-order valence-electron chi connectivity index (χ2n) is 4.47. The number of methoxy groups -OCH3 is 1. The van der Waals surface area contributed by atoms with E-state index in [9.17, 15) is 4.79 Å². The Kier molecular flexibility index (Phi) is 4.87. The summed E-state index contributed by atoms with van der Waals surface area (Å²) in [4.78, 5) is 11.6. The first-order valence-electron chi connectivity index (χ1n) is 5.66. The van der Waals surface area contributed by atoms with Gasteiger partial charge in [-0.2, -0.15) is 5.10 Å². The summed E-state index contributed by atoms with van der Waals surface area (Å²) in [6, 6.07) is 1.47. The molecule has 0 aromatic carbocycles. The molecule has 0 saturated carbocycles. The van der Waals surface area contributed by atoms with Gasteiger partial charge in [-0.05, 0) is 30.9 Å². The number of nitrogens with one attached hydrogen (secondary N) is 1. The molecule has 1 N–H and O–H groups in total. The van der Waals surface area contributed by atoms with Crippen LogP contribution in [0, 0.1) is 12.8 Å². The highest BCUT2D eigenvalue weighted by Gasteiger charge is 2.20. The highest BCUT2D eigenvalue weighted by atomic mass is 16.5. The van der Waals surface area contributed by atoms with Crippen molar-refractivity contribution in [2.45, 2.75) is 33.2 Å². The molecule has 0 aliphatic carbocycles. The highest BCUT2D eigenvalue weighted by Crippen LogP contribution is 2.12. The van der Waals surface area contributed by atoms with Crippen LogP contribution in [-0.2, 0) is 9.53 Å². The van der Waals surface area contributed by atoms with Gasteiger partial charge in [0.2, 0.25) is 0 Å². The first kappa shape index (κ1) is 13.4. The van der Waals surface area contributed by atoms with Gasteiger partial charge < -0.3 is 10.1 Å². The summed E-state index contributed by atoms with van der Waals surface area (Å²) in [7, 11) is 1.39. The molecule has 1 heterocycles. The summed E-state index contributed by atoms with van der Waals surface area (Å²) in [6.45, 7) is 6.04. The Hall–Kier alpha value is -1.65. The van der Waals surface area contributed by atoms with Gasteiger partial charge in [-0.15, -0.1) is 5.10 Å². The smallest absolute Gasteiger partial charge is 0.328 e. The monoisotopic (exact) mass is 237 g/mol. The van der Waals surface area contributed by atoms with E-state index < -0.39 is 0 Å². The van der Waals surface area contributed by atoms with Crippen LogP contribution in [0.4, 0.5) is 5.82 Å². The number of rotatable bonds is 5. The predicted octanol–water partition coefficient (Wildman–Crippen LogP) is 1.78. The van der Waals surface area contributed by atoms with Crippen molar-refractivity contribution in [3.05, 3.63) is 17.8 Å². The Bertz CT molecular complexity index is 380. The second kappa shape index (κ2) is 6.18. The molecule has 0 fully saturated rings. The molecule has 0 bridgehead atoms. The average Bonchev–Trinajstić information content (AvgIpc) is 2.26. The van der Waals surface area contributed by atoms with E-state index in [1.807, 2.05) is 13.0 Å². The summed E-state index contributed by atoms with van der Waals surface area (Å²) in [5.74, 6) is 0.715. The summed E-state index contributed by atoms with van der Waals surface area (Å²) in [6.07, 6.45) is 2.36. The molecule has 1 unspecified atom stereocenters. The van der Waals surface area contributed by atoms with E-state index in [1.165, 1.54) is 7.11 Å². The Labute approximate surface area is 102 Å². The largest absolute Gasteiger partial charge is 0.467 e. The first-order chi connectivity index (χ1) is 8.02. The van der Waals surface area contributed by atoms with Crippen LogP contribution < -0.4 is 5.32 Å². The number of hydrogen-bond acceptors (Lipinski definition) is 5. The minimum Gasteiger partial charge on any atom is -0.467 e. The highest BCUT2D eigenvalue weighted by molar-refractivity contribution is 5.78. The standard InChI is InChI=1S/C12H19N3O2/c1-8(2)5-10(12(16)17-4)14-11-6-9(3)7-13-15-11/h6-8,10H,5H2,1-4H3,(H,14,15). The normalized spacial score (nSPS) is 12.3. The van der Waals surface area contributed by atoms with Crippen LogP contribution in [0.5, 0.6) is 0 Å². The fourth-order valence-corrected chi connectivity index (χ4v) is 1.54. The zero-order chi connectivity index (χ0) is 12.8. The summed E-state index contributed by atoms with van der Waals surface area (Å²) >= 11 is 0. The van der Waals surface area contributed by atoms with Crippen LogP contribution in [0.2, 0.25) is 0 Å². The molecule has 5 nitrogen and oxygen atoms in total. The fourth-order valence-electron chi connectivity index (χ4n) is 1.54.